The van der Waals surface area contributed by atoms with Crippen LogP contribution >= 0.6 is 0 Å². The lowest BCUT2D eigenvalue weighted by atomic mass is 9.96. The minimum atomic E-state index is -0.554. The summed E-state index contributed by atoms with van der Waals surface area (Å²) in [6, 6.07) is 19.3. The van der Waals surface area contributed by atoms with Gasteiger partial charge in [-0.2, -0.15) is 4.39 Å². The quantitative estimate of drug-likeness (QED) is 0.288. The molecule has 0 aliphatic heterocycles. The predicted octanol–water partition coefficient (Wildman–Crippen LogP) is 6.78. The summed E-state index contributed by atoms with van der Waals surface area (Å²) in [6.45, 7) is 0. The summed E-state index contributed by atoms with van der Waals surface area (Å²) < 4.78 is 24.5. The number of benzene rings is 4. The van der Waals surface area contributed by atoms with Crippen molar-refractivity contribution in [1.29, 1.82) is 0 Å². The van der Waals surface area contributed by atoms with E-state index < -0.39 is 6.01 Å². The van der Waals surface area contributed by atoms with Crippen molar-refractivity contribution in [2.75, 3.05) is 0 Å². The molecule has 0 spiro atoms. The van der Waals surface area contributed by atoms with Crippen molar-refractivity contribution in [2.45, 2.75) is 0 Å². The third kappa shape index (κ3) is 1.62. The average molecular weight is 326 g/mol. The highest BCUT2D eigenvalue weighted by Crippen LogP contribution is 2.37. The molecule has 0 aliphatic carbocycles. The Morgan fingerprint density at radius 2 is 1.12 bits per heavy atom. The number of rotatable bonds is 0. The van der Waals surface area contributed by atoms with E-state index in [1.807, 2.05) is 24.3 Å². The van der Waals surface area contributed by atoms with Gasteiger partial charge in [-0.15, -0.1) is 0 Å². The normalized spacial score (nSPS) is 12.2. The Morgan fingerprint density at radius 3 is 1.88 bits per heavy atom. The van der Waals surface area contributed by atoms with Gasteiger partial charge in [-0.3, -0.25) is 0 Å². The van der Waals surface area contributed by atoms with E-state index in [1.165, 1.54) is 6.07 Å². The van der Waals surface area contributed by atoms with Crippen LogP contribution in [0.25, 0.3) is 54.3 Å². The van der Waals surface area contributed by atoms with Gasteiger partial charge in [0, 0.05) is 27.6 Å². The van der Waals surface area contributed by atoms with Gasteiger partial charge in [0.05, 0.1) is 6.26 Å². The van der Waals surface area contributed by atoms with Crippen molar-refractivity contribution in [3.8, 4) is 0 Å². The topological polar surface area (TPSA) is 26.3 Å². The molecule has 4 aromatic carbocycles. The molecular formula is C22H11FO2. The summed E-state index contributed by atoms with van der Waals surface area (Å²) in [5, 5.41) is 8.37. The Morgan fingerprint density at radius 1 is 0.560 bits per heavy atom. The molecule has 0 unspecified atom stereocenters. The van der Waals surface area contributed by atoms with Gasteiger partial charge >= 0.3 is 0 Å². The maximum absolute atomic E-state index is 13.5. The highest BCUT2D eigenvalue weighted by Gasteiger charge is 2.12. The van der Waals surface area contributed by atoms with Crippen LogP contribution in [0.5, 0.6) is 0 Å². The van der Waals surface area contributed by atoms with Crippen molar-refractivity contribution < 1.29 is 13.2 Å². The van der Waals surface area contributed by atoms with Crippen molar-refractivity contribution in [3.05, 3.63) is 72.9 Å². The Kier molecular flexibility index (Phi) is 2.29. The highest BCUT2D eigenvalue weighted by molar-refractivity contribution is 6.23. The van der Waals surface area contributed by atoms with Gasteiger partial charge in [0.2, 0.25) is 0 Å². The number of hydrogen-bond donors (Lipinski definition) is 0. The van der Waals surface area contributed by atoms with Crippen LogP contribution in [0.2, 0.25) is 0 Å². The number of halogens is 1. The van der Waals surface area contributed by atoms with Crippen LogP contribution in [-0.4, -0.2) is 0 Å². The highest BCUT2D eigenvalue weighted by atomic mass is 19.1. The summed E-state index contributed by atoms with van der Waals surface area (Å²) in [5.41, 5.74) is 1.50. The van der Waals surface area contributed by atoms with Gasteiger partial charge in [0.1, 0.15) is 11.2 Å². The molecule has 0 fully saturated rings. The van der Waals surface area contributed by atoms with E-state index in [1.54, 1.807) is 6.26 Å². The van der Waals surface area contributed by atoms with Crippen LogP contribution in [0.15, 0.2) is 75.8 Å². The van der Waals surface area contributed by atoms with Gasteiger partial charge < -0.3 is 8.83 Å². The molecule has 25 heavy (non-hydrogen) atoms. The van der Waals surface area contributed by atoms with E-state index >= 15 is 0 Å². The molecule has 3 heteroatoms. The molecule has 6 aromatic rings. The van der Waals surface area contributed by atoms with Gasteiger partial charge in [-0.05, 0) is 39.7 Å². The van der Waals surface area contributed by atoms with Crippen LogP contribution in [0, 0.1) is 6.01 Å². The van der Waals surface area contributed by atoms with E-state index in [0.717, 1.165) is 48.7 Å². The van der Waals surface area contributed by atoms with Gasteiger partial charge in [0.15, 0.2) is 0 Å². The largest absolute Gasteiger partial charge is 0.464 e. The van der Waals surface area contributed by atoms with E-state index in [0.29, 0.717) is 5.58 Å². The first-order valence-electron chi connectivity index (χ1n) is 8.13. The molecule has 118 valence electrons. The fourth-order valence-corrected chi connectivity index (χ4v) is 3.93. The van der Waals surface area contributed by atoms with Gasteiger partial charge in [-0.25, -0.2) is 0 Å². The smallest absolute Gasteiger partial charge is 0.278 e. The molecule has 0 aliphatic rings. The molecule has 0 saturated carbocycles. The SMILES string of the molecule is Fc1cc2ccc3c4ccc5c(ccc6ccoc65)c4ccc3c2o1. The zero-order chi connectivity index (χ0) is 16.5. The molecule has 0 atom stereocenters. The Bertz CT molecular complexity index is 1450. The Hall–Kier alpha value is -3.33. The third-order valence-electron chi connectivity index (χ3n) is 5.06. The minimum Gasteiger partial charge on any atom is -0.464 e. The van der Waals surface area contributed by atoms with Crippen molar-refractivity contribution >= 4 is 54.3 Å². The molecule has 0 saturated heterocycles. The van der Waals surface area contributed by atoms with Crippen molar-refractivity contribution in [1.82, 2.24) is 0 Å². The molecule has 6 rings (SSSR count). The Labute approximate surface area is 141 Å². The van der Waals surface area contributed by atoms with Crippen LogP contribution < -0.4 is 0 Å². The maximum Gasteiger partial charge on any atom is 0.278 e. The first-order chi connectivity index (χ1) is 12.3. The summed E-state index contributed by atoms with van der Waals surface area (Å²) in [5.74, 6) is 0. The zero-order valence-electron chi connectivity index (χ0n) is 13.0. The predicted molar refractivity (Wildman–Crippen MR) is 98.5 cm³/mol. The number of furan rings is 2. The summed E-state index contributed by atoms with van der Waals surface area (Å²) >= 11 is 0. The summed E-state index contributed by atoms with van der Waals surface area (Å²) in [4.78, 5) is 0. The van der Waals surface area contributed by atoms with Gasteiger partial charge in [-0.1, -0.05) is 36.4 Å². The van der Waals surface area contributed by atoms with Crippen molar-refractivity contribution in [2.24, 2.45) is 0 Å². The molecule has 2 aromatic heterocycles. The van der Waals surface area contributed by atoms with Gasteiger partial charge in [0.25, 0.3) is 6.01 Å². The molecule has 2 nitrogen and oxygen atoms in total. The monoisotopic (exact) mass is 326 g/mol. The number of fused-ring (bicyclic) bond motifs is 9. The molecule has 2 heterocycles. The average Bonchev–Trinajstić information content (AvgIpc) is 3.25. The van der Waals surface area contributed by atoms with Crippen LogP contribution in [-0.2, 0) is 0 Å². The van der Waals surface area contributed by atoms with Crippen LogP contribution in [0.3, 0.4) is 0 Å². The van der Waals surface area contributed by atoms with E-state index in [4.69, 9.17) is 8.83 Å². The first kappa shape index (κ1) is 13.0. The molecule has 0 N–H and O–H groups in total. The van der Waals surface area contributed by atoms with E-state index in [2.05, 4.69) is 30.3 Å². The van der Waals surface area contributed by atoms with Crippen LogP contribution in [0.1, 0.15) is 0 Å². The first-order valence-corrected chi connectivity index (χ1v) is 8.13. The fourth-order valence-electron chi connectivity index (χ4n) is 3.93. The number of hydrogen-bond acceptors (Lipinski definition) is 2. The lowest BCUT2D eigenvalue weighted by molar-refractivity contribution is 0.382. The molecule has 0 radical (unpaired) electrons. The second-order valence-corrected chi connectivity index (χ2v) is 6.36. The third-order valence-corrected chi connectivity index (χ3v) is 5.06. The molecule has 0 amide bonds. The minimum absolute atomic E-state index is 0.554. The van der Waals surface area contributed by atoms with Crippen LogP contribution in [0.4, 0.5) is 4.39 Å². The second kappa shape index (κ2) is 4.39. The lowest BCUT2D eigenvalue weighted by Crippen LogP contribution is -1.82. The van der Waals surface area contributed by atoms with E-state index in [9.17, 15) is 4.39 Å². The maximum atomic E-state index is 13.5. The summed E-state index contributed by atoms with van der Waals surface area (Å²) in [7, 11) is 0. The second-order valence-electron chi connectivity index (χ2n) is 6.36. The summed E-state index contributed by atoms with van der Waals surface area (Å²) in [6.07, 6.45) is 1.72. The van der Waals surface area contributed by atoms with Crippen molar-refractivity contribution in [3.63, 3.8) is 0 Å². The molecular weight excluding hydrogens is 315 g/mol. The fraction of sp³-hybridized carbons (Fsp3) is 0. The molecule has 0 bridgehead atoms. The standard InChI is InChI=1S/C22H11FO2/c23-20-11-13-2-4-17-15-5-7-18-16(3-1-12-9-10-24-21(12)18)14(15)6-8-19(17)22(13)25-20/h1-11H. The van der Waals surface area contributed by atoms with E-state index in [-0.39, 0.29) is 0 Å². The Balaban J connectivity index is 1.83. The lowest BCUT2D eigenvalue weighted by Gasteiger charge is -2.08. The zero-order valence-corrected chi connectivity index (χ0v) is 13.0.